The van der Waals surface area contributed by atoms with Gasteiger partial charge in [0.2, 0.25) is 0 Å². The van der Waals surface area contributed by atoms with Crippen LogP contribution >= 0.6 is 15.9 Å². The standard InChI is InChI=1S/C18H25N3O2S.C17H17N5O2S.C14H11BrFN3O2S.C14H21N3O3S/c1-11-12(7-13-8-15(11)18(13,2)3)9-21-24(22,23)17-14-5-4-6-19-16(14)10-20-17;1-10-6-13-14(7-11(10)2)22-16(21-13)9-20-25(23,24)17-12-4-3-5-18-15(12)8-19-17;15-10-3-4-12(16)9(6-10)7-19-22(20,21)14-11-2-1-5-17-13(11)8-18-14;1-4-6-12(18)14(2,3)17-21(19,20)13-10-7-5-8-15-11(10)9-16-13/h4-6,11-13,15,21H,7-10H2,1-3H3;3-7,20H,8-9H2,1-2H3,(H,21,22);1-6,19H,7-8H2;5,7-8,12,17-18H,4,6,9H2,1-3H3/t11-,12-,13+,15+;;;/m0.../s1. The van der Waals surface area contributed by atoms with Crippen molar-refractivity contribution in [3.05, 3.63) is 181 Å². The Morgan fingerprint density at radius 1 is 0.652 bits per heavy atom. The number of hydrogen-bond donors (Lipinski definition) is 6. The van der Waals surface area contributed by atoms with Gasteiger partial charge in [0.15, 0.2) is 20.2 Å². The quantitative estimate of drug-likeness (QED) is 0.0599. The predicted octanol–water partition coefficient (Wildman–Crippen LogP) is 8.10. The van der Waals surface area contributed by atoms with E-state index in [0.717, 1.165) is 52.5 Å². The Bertz CT molecular complexity index is 4540. The summed E-state index contributed by atoms with van der Waals surface area (Å²) < 4.78 is 125. The minimum Gasteiger partial charge on any atom is -0.391 e. The van der Waals surface area contributed by atoms with Crippen LogP contribution in [0.1, 0.15) is 135 Å². The molecule has 7 aliphatic rings. The molecule has 9 heterocycles. The summed E-state index contributed by atoms with van der Waals surface area (Å²) in [5, 5.41) is 10.2. The number of rotatable bonds is 14. The molecule has 488 valence electrons. The summed E-state index contributed by atoms with van der Waals surface area (Å²) >= 11 is 3.23. The van der Waals surface area contributed by atoms with Crippen LogP contribution in [-0.4, -0.2) is 107 Å². The van der Waals surface area contributed by atoms with Gasteiger partial charge >= 0.3 is 0 Å². The minimum absolute atomic E-state index is 0.00220. The Labute approximate surface area is 544 Å². The van der Waals surface area contributed by atoms with Gasteiger partial charge in [0.1, 0.15) is 11.6 Å². The van der Waals surface area contributed by atoms with Gasteiger partial charge in [0, 0.05) is 70.2 Å². The molecule has 1 unspecified atom stereocenters. The zero-order valence-corrected chi connectivity index (χ0v) is 57.0. The summed E-state index contributed by atoms with van der Waals surface area (Å²) in [5.41, 5.74) is 8.68. The number of aliphatic imine (C=N–C) groups is 4. The van der Waals surface area contributed by atoms with Gasteiger partial charge in [-0.15, -0.1) is 0 Å². The van der Waals surface area contributed by atoms with E-state index < -0.39 is 57.6 Å². The lowest BCUT2D eigenvalue weighted by molar-refractivity contribution is -0.126. The number of H-pyrrole nitrogens is 1. The molecule has 2 bridgehead atoms. The Hall–Kier alpha value is -6.80. The van der Waals surface area contributed by atoms with E-state index in [1.165, 1.54) is 18.6 Å². The monoisotopic (exact) mass is 1400 g/mol. The molecule has 5 atom stereocenters. The summed E-state index contributed by atoms with van der Waals surface area (Å²) in [6.07, 6.45) is 9.50. The molecule has 0 spiro atoms. The number of aliphatic hydroxyl groups is 1. The molecule has 2 aromatic carbocycles. The number of aromatic nitrogens is 6. The molecule has 29 heteroatoms. The summed E-state index contributed by atoms with van der Waals surface area (Å²) in [6.45, 7) is 17.9. The summed E-state index contributed by atoms with van der Waals surface area (Å²) in [7, 11) is -14.9. The zero-order chi connectivity index (χ0) is 66.1. The molecular weight excluding hydrogens is 1320 g/mol. The van der Waals surface area contributed by atoms with E-state index in [4.69, 9.17) is 0 Å². The van der Waals surface area contributed by atoms with Crippen molar-refractivity contribution in [2.24, 2.45) is 49.1 Å². The Kier molecular flexibility index (Phi) is 20.2. The second-order valence-electron chi connectivity index (χ2n) is 24.7. The van der Waals surface area contributed by atoms with E-state index in [9.17, 15) is 43.2 Å². The van der Waals surface area contributed by atoms with Crippen molar-refractivity contribution < 1.29 is 43.2 Å². The lowest BCUT2D eigenvalue weighted by atomic mass is 9.43. The van der Waals surface area contributed by atoms with Crippen LogP contribution in [0.5, 0.6) is 0 Å². The molecule has 14 rings (SSSR count). The average molecular weight is 1400 g/mol. The van der Waals surface area contributed by atoms with Crippen LogP contribution < -0.4 is 18.9 Å². The van der Waals surface area contributed by atoms with Crippen LogP contribution in [0.3, 0.4) is 0 Å². The van der Waals surface area contributed by atoms with Crippen LogP contribution in [0.15, 0.2) is 128 Å². The SMILES string of the molecule is CCCC(O)C(C)(C)NS(=O)(=O)C1=NCc2ncccc21.C[C@H]1[C@H](CNS(=O)(=O)C2=NCc3ncccc32)C[C@@H]2C[C@H]1C2(C)C.Cc1cc2nc(CNS(=O)(=O)C3=NCc4ncccc43)[nH]c2cc1C.O=S(=O)(NCc1cc(Br)ccc1F)C1=NCc2ncccc21. The summed E-state index contributed by atoms with van der Waals surface area (Å²) in [6, 6.07) is 22.0. The van der Waals surface area contributed by atoms with E-state index >= 15 is 0 Å². The normalized spacial score (nSPS) is 19.6. The highest BCUT2D eigenvalue weighted by molar-refractivity contribution is 9.10. The van der Waals surface area contributed by atoms with Crippen LogP contribution in [0.4, 0.5) is 4.39 Å². The van der Waals surface area contributed by atoms with Crippen LogP contribution in [-0.2, 0) is 79.4 Å². The third-order valence-corrected chi connectivity index (χ3v) is 24.2. The van der Waals surface area contributed by atoms with E-state index in [0.29, 0.717) is 86.4 Å². The topological polar surface area (TPSA) is 335 Å². The number of aryl methyl sites for hydroxylation is 2. The lowest BCUT2D eigenvalue weighted by Crippen LogP contribution is -2.56. The molecule has 0 amide bonds. The van der Waals surface area contributed by atoms with E-state index in [2.05, 4.69) is 105 Å². The van der Waals surface area contributed by atoms with E-state index in [1.54, 1.807) is 93.2 Å². The molecule has 0 saturated heterocycles. The largest absolute Gasteiger partial charge is 0.391 e. The number of halogens is 2. The van der Waals surface area contributed by atoms with Crippen molar-refractivity contribution >= 4 is 87.2 Å². The van der Waals surface area contributed by atoms with Crippen molar-refractivity contribution in [2.45, 2.75) is 132 Å². The van der Waals surface area contributed by atoms with Gasteiger partial charge in [-0.25, -0.2) is 61.9 Å². The van der Waals surface area contributed by atoms with Crippen LogP contribution in [0.2, 0.25) is 0 Å². The third-order valence-electron chi connectivity index (χ3n) is 17.9. The highest BCUT2D eigenvalue weighted by Gasteiger charge is 2.56. The number of fused-ring (bicyclic) bond motifs is 7. The first-order chi connectivity index (χ1) is 43.5. The maximum Gasteiger partial charge on any atom is 0.258 e. The molecule has 3 aliphatic carbocycles. The maximum absolute atomic E-state index is 13.7. The van der Waals surface area contributed by atoms with Crippen molar-refractivity contribution in [1.82, 2.24) is 48.8 Å². The number of aliphatic hydroxyl groups excluding tert-OH is 1. The number of nitrogens with one attached hydrogen (secondary N) is 5. The molecule has 3 saturated carbocycles. The fourth-order valence-corrected chi connectivity index (χ4v) is 18.0. The fourth-order valence-electron chi connectivity index (χ4n) is 12.3. The molecule has 4 aliphatic heterocycles. The van der Waals surface area contributed by atoms with Gasteiger partial charge in [-0.05, 0) is 166 Å². The number of hydrogen-bond acceptors (Lipinski definition) is 18. The Balaban J connectivity index is 0.000000135. The Morgan fingerprint density at radius 2 is 1.11 bits per heavy atom. The first-order valence-electron chi connectivity index (χ1n) is 30.0. The second-order valence-corrected chi connectivity index (χ2v) is 32.3. The summed E-state index contributed by atoms with van der Waals surface area (Å²) in [5.74, 6) is 2.54. The van der Waals surface area contributed by atoms with Gasteiger partial charge in [-0.2, -0.15) is 0 Å². The molecule has 92 heavy (non-hydrogen) atoms. The van der Waals surface area contributed by atoms with E-state index in [1.807, 2.05) is 32.9 Å². The first-order valence-corrected chi connectivity index (χ1v) is 36.8. The molecule has 23 nitrogen and oxygen atoms in total. The molecule has 3 fully saturated rings. The number of benzene rings is 2. The molecule has 0 radical (unpaired) electrons. The predicted molar refractivity (Wildman–Crippen MR) is 356 cm³/mol. The van der Waals surface area contributed by atoms with Crippen molar-refractivity contribution in [2.75, 3.05) is 6.54 Å². The smallest absolute Gasteiger partial charge is 0.258 e. The van der Waals surface area contributed by atoms with Crippen LogP contribution in [0, 0.1) is 48.8 Å². The third kappa shape index (κ3) is 14.8. The number of aromatic amines is 1. The second kappa shape index (κ2) is 27.3. The van der Waals surface area contributed by atoms with Gasteiger partial charge in [0.25, 0.3) is 40.1 Å². The van der Waals surface area contributed by atoms with Gasteiger partial charge in [-0.3, -0.25) is 39.9 Å². The van der Waals surface area contributed by atoms with Gasteiger partial charge in [-0.1, -0.05) is 50.0 Å². The number of pyridine rings is 4. The first kappa shape index (κ1) is 68.1. The average Bonchev–Trinajstić information content (AvgIpc) is 1.13. The number of imidazole rings is 1. The maximum atomic E-state index is 13.7. The number of sulfonamides is 4. The molecule has 6 N–H and O–H groups in total. The van der Waals surface area contributed by atoms with E-state index in [-0.39, 0.29) is 58.5 Å². The lowest BCUT2D eigenvalue weighted by Gasteiger charge is -2.62. The zero-order valence-electron chi connectivity index (χ0n) is 52.1. The summed E-state index contributed by atoms with van der Waals surface area (Å²) in [4.78, 5) is 40.7. The molecular formula is C63H74BrFN14O9S4. The molecule has 7 aromatic rings. The van der Waals surface area contributed by atoms with Crippen LogP contribution in [0.25, 0.3) is 11.0 Å². The van der Waals surface area contributed by atoms with Gasteiger partial charge < -0.3 is 10.1 Å². The van der Waals surface area contributed by atoms with Crippen molar-refractivity contribution in [3.8, 4) is 0 Å². The highest BCUT2D eigenvalue weighted by atomic mass is 79.9. The fraction of sp³-hybridized carbons (Fsp3) is 0.413. The minimum atomic E-state index is -3.82. The molecule has 5 aromatic heterocycles. The van der Waals surface area contributed by atoms with Crippen molar-refractivity contribution in [3.63, 3.8) is 0 Å². The van der Waals surface area contributed by atoms with Crippen molar-refractivity contribution in [1.29, 1.82) is 0 Å². The Morgan fingerprint density at radius 3 is 1.58 bits per heavy atom. The van der Waals surface area contributed by atoms with Gasteiger partial charge in [0.05, 0.1) is 78.2 Å². The number of nitrogens with zero attached hydrogens (tertiary/aromatic N) is 9. The highest BCUT2D eigenvalue weighted by Crippen LogP contribution is 2.62.